The molecule has 4 heteroatoms. The SMILES string of the molecule is Cc1cc(C(=O)NCC2(C)CCCC2)cc(N)n1. The summed E-state index contributed by atoms with van der Waals surface area (Å²) in [6.45, 7) is 4.82. The molecule has 18 heavy (non-hydrogen) atoms. The number of amides is 1. The highest BCUT2D eigenvalue weighted by Crippen LogP contribution is 2.36. The summed E-state index contributed by atoms with van der Waals surface area (Å²) in [5.74, 6) is 0.340. The number of anilines is 1. The molecule has 0 unspecified atom stereocenters. The second-order valence-corrected chi connectivity index (χ2v) is 5.62. The molecule has 1 aromatic heterocycles. The fourth-order valence-corrected chi connectivity index (χ4v) is 2.63. The van der Waals surface area contributed by atoms with Crippen LogP contribution < -0.4 is 11.1 Å². The van der Waals surface area contributed by atoms with Gasteiger partial charge in [0.25, 0.3) is 5.91 Å². The van der Waals surface area contributed by atoms with E-state index in [1.807, 2.05) is 6.92 Å². The first-order valence-corrected chi connectivity index (χ1v) is 6.51. The van der Waals surface area contributed by atoms with E-state index in [-0.39, 0.29) is 11.3 Å². The van der Waals surface area contributed by atoms with Gasteiger partial charge in [0.1, 0.15) is 5.82 Å². The van der Waals surface area contributed by atoms with Crippen LogP contribution in [0.1, 0.15) is 48.7 Å². The van der Waals surface area contributed by atoms with Gasteiger partial charge in [0.15, 0.2) is 0 Å². The Labute approximate surface area is 108 Å². The minimum Gasteiger partial charge on any atom is -0.384 e. The molecule has 2 rings (SSSR count). The van der Waals surface area contributed by atoms with E-state index in [1.54, 1.807) is 12.1 Å². The van der Waals surface area contributed by atoms with E-state index < -0.39 is 0 Å². The van der Waals surface area contributed by atoms with Gasteiger partial charge in [-0.3, -0.25) is 4.79 Å². The third kappa shape index (κ3) is 3.00. The number of aryl methyl sites for hydroxylation is 1. The van der Waals surface area contributed by atoms with Gasteiger partial charge in [-0.25, -0.2) is 4.98 Å². The van der Waals surface area contributed by atoms with E-state index in [4.69, 9.17) is 5.73 Å². The van der Waals surface area contributed by atoms with Gasteiger partial charge in [0.2, 0.25) is 0 Å². The molecule has 1 saturated carbocycles. The number of aromatic nitrogens is 1. The van der Waals surface area contributed by atoms with Crippen LogP contribution in [0.3, 0.4) is 0 Å². The van der Waals surface area contributed by atoms with Gasteiger partial charge >= 0.3 is 0 Å². The Balaban J connectivity index is 1.99. The molecule has 1 amide bonds. The number of nitrogens with one attached hydrogen (secondary N) is 1. The summed E-state index contributed by atoms with van der Waals surface area (Å²) in [7, 11) is 0. The van der Waals surface area contributed by atoms with Crippen LogP contribution >= 0.6 is 0 Å². The van der Waals surface area contributed by atoms with Crippen molar-refractivity contribution in [3.8, 4) is 0 Å². The largest absolute Gasteiger partial charge is 0.384 e. The zero-order chi connectivity index (χ0) is 13.2. The Morgan fingerprint density at radius 1 is 1.44 bits per heavy atom. The number of nitrogens with zero attached hydrogens (tertiary/aromatic N) is 1. The number of hydrogen-bond donors (Lipinski definition) is 2. The molecule has 3 N–H and O–H groups in total. The molecule has 0 radical (unpaired) electrons. The van der Waals surface area contributed by atoms with Gasteiger partial charge < -0.3 is 11.1 Å². The van der Waals surface area contributed by atoms with Crippen molar-refractivity contribution < 1.29 is 4.79 Å². The molecule has 0 atom stereocenters. The van der Waals surface area contributed by atoms with Crippen molar-refractivity contribution in [2.45, 2.75) is 39.5 Å². The third-order valence-electron chi connectivity index (χ3n) is 3.72. The lowest BCUT2D eigenvalue weighted by molar-refractivity contribution is 0.0934. The van der Waals surface area contributed by atoms with Gasteiger partial charge in [0, 0.05) is 17.8 Å². The molecule has 1 aliphatic carbocycles. The van der Waals surface area contributed by atoms with Crippen molar-refractivity contribution in [1.29, 1.82) is 0 Å². The highest BCUT2D eigenvalue weighted by atomic mass is 16.1. The number of rotatable bonds is 3. The number of pyridine rings is 1. The Morgan fingerprint density at radius 3 is 2.72 bits per heavy atom. The summed E-state index contributed by atoms with van der Waals surface area (Å²) in [5.41, 5.74) is 7.29. The normalized spacial score (nSPS) is 17.7. The topological polar surface area (TPSA) is 68.0 Å². The maximum absolute atomic E-state index is 12.1. The summed E-state index contributed by atoms with van der Waals surface area (Å²) >= 11 is 0. The van der Waals surface area contributed by atoms with E-state index in [0.717, 1.165) is 12.2 Å². The first-order valence-electron chi connectivity index (χ1n) is 6.51. The predicted molar refractivity (Wildman–Crippen MR) is 72.3 cm³/mol. The molecule has 98 valence electrons. The number of hydrogen-bond acceptors (Lipinski definition) is 3. The van der Waals surface area contributed by atoms with Gasteiger partial charge in [-0.1, -0.05) is 19.8 Å². The Kier molecular flexibility index (Phi) is 3.55. The number of carbonyl (C=O) groups is 1. The quantitative estimate of drug-likeness (QED) is 0.861. The van der Waals surface area contributed by atoms with Crippen LogP contribution in [0, 0.1) is 12.3 Å². The van der Waals surface area contributed by atoms with Gasteiger partial charge in [-0.15, -0.1) is 0 Å². The van der Waals surface area contributed by atoms with E-state index in [1.165, 1.54) is 25.7 Å². The fraction of sp³-hybridized carbons (Fsp3) is 0.571. The van der Waals surface area contributed by atoms with Crippen LogP contribution in [0.5, 0.6) is 0 Å². The van der Waals surface area contributed by atoms with Crippen LogP contribution in [-0.4, -0.2) is 17.4 Å². The maximum atomic E-state index is 12.1. The minimum atomic E-state index is -0.0553. The molecule has 1 fully saturated rings. The number of nitrogen functional groups attached to an aromatic ring is 1. The molecule has 0 saturated heterocycles. The molecule has 1 heterocycles. The fourth-order valence-electron chi connectivity index (χ4n) is 2.63. The molecule has 0 aliphatic heterocycles. The Bertz CT molecular complexity index is 430. The van der Waals surface area contributed by atoms with E-state index >= 15 is 0 Å². The van der Waals surface area contributed by atoms with E-state index in [9.17, 15) is 4.79 Å². The first kappa shape index (κ1) is 12.9. The maximum Gasteiger partial charge on any atom is 0.251 e. The average molecular weight is 247 g/mol. The summed E-state index contributed by atoms with van der Waals surface area (Å²) in [6.07, 6.45) is 4.94. The molecular formula is C14H21N3O. The van der Waals surface area contributed by atoms with Crippen LogP contribution in [-0.2, 0) is 0 Å². The second-order valence-electron chi connectivity index (χ2n) is 5.62. The van der Waals surface area contributed by atoms with Crippen molar-refractivity contribution in [3.63, 3.8) is 0 Å². The summed E-state index contributed by atoms with van der Waals surface area (Å²) in [4.78, 5) is 16.1. The smallest absolute Gasteiger partial charge is 0.251 e. The van der Waals surface area contributed by atoms with Crippen LogP contribution in [0.15, 0.2) is 12.1 Å². The molecule has 0 spiro atoms. The molecule has 4 nitrogen and oxygen atoms in total. The third-order valence-corrected chi connectivity index (χ3v) is 3.72. The minimum absolute atomic E-state index is 0.0553. The van der Waals surface area contributed by atoms with Gasteiger partial charge in [0.05, 0.1) is 0 Å². The first-order chi connectivity index (χ1) is 8.48. The van der Waals surface area contributed by atoms with Crippen molar-refractivity contribution in [1.82, 2.24) is 10.3 Å². The number of nitrogens with two attached hydrogens (primary N) is 1. The van der Waals surface area contributed by atoms with Crippen molar-refractivity contribution in [3.05, 3.63) is 23.4 Å². The average Bonchev–Trinajstić information content (AvgIpc) is 2.72. The molecule has 0 aromatic carbocycles. The van der Waals surface area contributed by atoms with Crippen LogP contribution in [0.4, 0.5) is 5.82 Å². The number of carbonyl (C=O) groups excluding carboxylic acids is 1. The second kappa shape index (κ2) is 4.96. The summed E-state index contributed by atoms with van der Waals surface area (Å²) in [6, 6.07) is 3.39. The lowest BCUT2D eigenvalue weighted by Gasteiger charge is -2.23. The Morgan fingerprint density at radius 2 is 2.11 bits per heavy atom. The van der Waals surface area contributed by atoms with Crippen molar-refractivity contribution in [2.24, 2.45) is 5.41 Å². The van der Waals surface area contributed by atoms with E-state index in [2.05, 4.69) is 17.2 Å². The summed E-state index contributed by atoms with van der Waals surface area (Å²) in [5, 5.41) is 3.01. The van der Waals surface area contributed by atoms with E-state index in [0.29, 0.717) is 11.4 Å². The van der Waals surface area contributed by atoms with Crippen molar-refractivity contribution in [2.75, 3.05) is 12.3 Å². The monoisotopic (exact) mass is 247 g/mol. The predicted octanol–water partition coefficient (Wildman–Crippen LogP) is 2.28. The highest BCUT2D eigenvalue weighted by molar-refractivity contribution is 5.94. The lowest BCUT2D eigenvalue weighted by atomic mass is 9.89. The van der Waals surface area contributed by atoms with Crippen molar-refractivity contribution >= 4 is 11.7 Å². The molecule has 1 aliphatic rings. The molecule has 0 bridgehead atoms. The lowest BCUT2D eigenvalue weighted by Crippen LogP contribution is -2.34. The molecule has 1 aromatic rings. The van der Waals surface area contributed by atoms with Gasteiger partial charge in [-0.05, 0) is 37.3 Å². The summed E-state index contributed by atoms with van der Waals surface area (Å²) < 4.78 is 0. The van der Waals surface area contributed by atoms with Crippen LogP contribution in [0.2, 0.25) is 0 Å². The zero-order valence-corrected chi connectivity index (χ0v) is 11.1. The standard InChI is InChI=1S/C14H21N3O/c1-10-7-11(8-12(15)17-10)13(18)16-9-14(2)5-3-4-6-14/h7-8H,3-6,9H2,1-2H3,(H2,15,17)(H,16,18). The highest BCUT2D eigenvalue weighted by Gasteiger charge is 2.28. The molecular weight excluding hydrogens is 226 g/mol. The zero-order valence-electron chi connectivity index (χ0n) is 11.1. The van der Waals surface area contributed by atoms with Gasteiger partial charge in [-0.2, -0.15) is 0 Å². The Hall–Kier alpha value is -1.58. The van der Waals surface area contributed by atoms with Crippen LogP contribution in [0.25, 0.3) is 0 Å².